The van der Waals surface area contributed by atoms with E-state index in [1.54, 1.807) is 0 Å². The first kappa shape index (κ1) is 11.9. The van der Waals surface area contributed by atoms with Gasteiger partial charge in [-0.05, 0) is 17.7 Å². The highest BCUT2D eigenvalue weighted by Crippen LogP contribution is 2.32. The minimum absolute atomic E-state index is 0.0306. The second kappa shape index (κ2) is 4.16. The largest absolute Gasteiger partial charge is 0.419 e. The van der Waals surface area contributed by atoms with Gasteiger partial charge >= 0.3 is 6.18 Å². The highest BCUT2D eigenvalue weighted by atomic mass is 19.4. The van der Waals surface area contributed by atoms with Crippen LogP contribution >= 0.6 is 0 Å². The van der Waals surface area contributed by atoms with Crippen LogP contribution in [0, 0.1) is 5.82 Å². The molecule has 0 aliphatic heterocycles. The quantitative estimate of drug-likeness (QED) is 0.751. The Hall–Kier alpha value is -1.14. The van der Waals surface area contributed by atoms with E-state index in [9.17, 15) is 22.7 Å². The monoisotopic (exact) mass is 223 g/mol. The Labute approximate surface area is 83.3 Å². The molecule has 84 valence electrons. The van der Waals surface area contributed by atoms with Crippen LogP contribution in [0.2, 0.25) is 0 Å². The summed E-state index contributed by atoms with van der Waals surface area (Å²) in [6, 6.07) is 2.23. The van der Waals surface area contributed by atoms with E-state index in [4.69, 9.17) is 5.73 Å². The van der Waals surface area contributed by atoms with Crippen molar-refractivity contribution in [2.45, 2.75) is 12.3 Å². The molecule has 0 saturated carbocycles. The first-order chi connectivity index (χ1) is 6.86. The van der Waals surface area contributed by atoms with E-state index in [0.717, 1.165) is 6.07 Å². The highest BCUT2D eigenvalue weighted by molar-refractivity contribution is 5.27. The van der Waals surface area contributed by atoms with E-state index < -0.39 is 23.7 Å². The molecule has 0 bridgehead atoms. The smallest absolute Gasteiger partial charge is 0.387 e. The number of hydrogen-bond acceptors (Lipinski definition) is 2. The number of rotatable bonds is 2. The average Bonchev–Trinajstić information content (AvgIpc) is 2.14. The Kier molecular flexibility index (Phi) is 3.31. The predicted molar refractivity (Wildman–Crippen MR) is 45.4 cm³/mol. The molecule has 0 aromatic heterocycles. The van der Waals surface area contributed by atoms with Crippen molar-refractivity contribution in [3.63, 3.8) is 0 Å². The van der Waals surface area contributed by atoms with E-state index in [1.807, 2.05) is 0 Å². The average molecular weight is 223 g/mol. The maximum atomic E-state index is 13.0. The van der Waals surface area contributed by atoms with Gasteiger partial charge in [-0.3, -0.25) is 0 Å². The number of alkyl halides is 3. The molecule has 1 unspecified atom stereocenters. The molecular weight excluding hydrogens is 214 g/mol. The number of halogens is 4. The SMILES string of the molecule is NCC(O)c1ccc(C(F)(F)F)c(F)c1. The predicted octanol–water partition coefficient (Wildman–Crippen LogP) is 1.84. The van der Waals surface area contributed by atoms with Crippen LogP contribution in [0.15, 0.2) is 18.2 Å². The minimum Gasteiger partial charge on any atom is -0.387 e. The van der Waals surface area contributed by atoms with E-state index in [2.05, 4.69) is 0 Å². The molecule has 0 radical (unpaired) electrons. The molecule has 6 heteroatoms. The lowest BCUT2D eigenvalue weighted by Crippen LogP contribution is -2.13. The summed E-state index contributed by atoms with van der Waals surface area (Å²) in [5.41, 5.74) is 3.76. The fraction of sp³-hybridized carbons (Fsp3) is 0.333. The minimum atomic E-state index is -4.73. The summed E-state index contributed by atoms with van der Waals surface area (Å²) in [6.07, 6.45) is -5.88. The summed E-state index contributed by atoms with van der Waals surface area (Å²) in [6.45, 7) is -0.176. The van der Waals surface area contributed by atoms with Crippen LogP contribution in [0.25, 0.3) is 0 Å². The van der Waals surface area contributed by atoms with Crippen LogP contribution in [0.4, 0.5) is 17.6 Å². The summed E-state index contributed by atoms with van der Waals surface area (Å²) >= 11 is 0. The fourth-order valence-corrected chi connectivity index (χ4v) is 1.10. The molecule has 0 fully saturated rings. The summed E-state index contributed by atoms with van der Waals surface area (Å²) in [5.74, 6) is -1.41. The normalized spacial score (nSPS) is 14.0. The first-order valence-corrected chi connectivity index (χ1v) is 4.11. The van der Waals surface area contributed by atoms with Crippen LogP contribution in [0.1, 0.15) is 17.2 Å². The van der Waals surface area contributed by atoms with Gasteiger partial charge in [0.05, 0.1) is 11.7 Å². The molecule has 1 aromatic carbocycles. The van der Waals surface area contributed by atoms with Gasteiger partial charge in [0.1, 0.15) is 5.82 Å². The van der Waals surface area contributed by atoms with Gasteiger partial charge in [0, 0.05) is 6.54 Å². The Morgan fingerprint density at radius 2 is 1.93 bits per heavy atom. The van der Waals surface area contributed by atoms with E-state index in [1.165, 1.54) is 0 Å². The van der Waals surface area contributed by atoms with Crippen molar-refractivity contribution in [2.24, 2.45) is 5.73 Å². The van der Waals surface area contributed by atoms with Crippen molar-refractivity contribution in [3.05, 3.63) is 35.1 Å². The van der Waals surface area contributed by atoms with Gasteiger partial charge in [-0.1, -0.05) is 6.07 Å². The Bertz CT molecular complexity index is 350. The molecule has 0 heterocycles. The molecule has 1 atom stereocenters. The van der Waals surface area contributed by atoms with E-state index in [-0.39, 0.29) is 12.1 Å². The Morgan fingerprint density at radius 3 is 2.33 bits per heavy atom. The van der Waals surface area contributed by atoms with Crippen LogP contribution < -0.4 is 5.73 Å². The number of benzene rings is 1. The number of nitrogens with two attached hydrogens (primary N) is 1. The van der Waals surface area contributed by atoms with Crippen molar-refractivity contribution < 1.29 is 22.7 Å². The zero-order valence-corrected chi connectivity index (χ0v) is 7.55. The molecule has 15 heavy (non-hydrogen) atoms. The molecule has 0 aliphatic carbocycles. The van der Waals surface area contributed by atoms with Crippen molar-refractivity contribution in [2.75, 3.05) is 6.54 Å². The van der Waals surface area contributed by atoms with Gasteiger partial charge < -0.3 is 10.8 Å². The van der Waals surface area contributed by atoms with Gasteiger partial charge in [0.15, 0.2) is 0 Å². The van der Waals surface area contributed by atoms with Crippen molar-refractivity contribution >= 4 is 0 Å². The molecule has 3 N–H and O–H groups in total. The fourth-order valence-electron chi connectivity index (χ4n) is 1.10. The maximum absolute atomic E-state index is 13.0. The van der Waals surface area contributed by atoms with Gasteiger partial charge in [-0.15, -0.1) is 0 Å². The Balaban J connectivity index is 3.09. The third kappa shape index (κ3) is 2.66. The zero-order chi connectivity index (χ0) is 11.6. The second-order valence-corrected chi connectivity index (χ2v) is 2.99. The zero-order valence-electron chi connectivity index (χ0n) is 7.55. The molecule has 0 aliphatic rings. The highest BCUT2D eigenvalue weighted by Gasteiger charge is 2.34. The standard InChI is InChI=1S/C9H9F4NO/c10-7-3-5(8(15)4-14)1-2-6(7)9(11,12)13/h1-3,8,15H,4,14H2. The van der Waals surface area contributed by atoms with Gasteiger partial charge in [0.2, 0.25) is 0 Å². The van der Waals surface area contributed by atoms with Crippen molar-refractivity contribution in [3.8, 4) is 0 Å². The third-order valence-corrected chi connectivity index (χ3v) is 1.91. The Morgan fingerprint density at radius 1 is 1.33 bits per heavy atom. The summed E-state index contributed by atoms with van der Waals surface area (Å²) in [5, 5.41) is 9.17. The molecular formula is C9H9F4NO. The van der Waals surface area contributed by atoms with Crippen molar-refractivity contribution in [1.82, 2.24) is 0 Å². The molecule has 0 amide bonds. The number of aliphatic hydroxyl groups is 1. The van der Waals surface area contributed by atoms with Crippen molar-refractivity contribution in [1.29, 1.82) is 0 Å². The van der Waals surface area contributed by atoms with Gasteiger partial charge in [0.25, 0.3) is 0 Å². The lowest BCUT2D eigenvalue weighted by Gasteiger charge is -2.11. The van der Waals surface area contributed by atoms with Crippen LogP contribution in [0.3, 0.4) is 0 Å². The first-order valence-electron chi connectivity index (χ1n) is 4.11. The van der Waals surface area contributed by atoms with Crippen LogP contribution in [-0.4, -0.2) is 11.7 Å². The second-order valence-electron chi connectivity index (χ2n) is 2.99. The molecule has 2 nitrogen and oxygen atoms in total. The number of aliphatic hydroxyl groups excluding tert-OH is 1. The van der Waals surface area contributed by atoms with E-state index >= 15 is 0 Å². The summed E-state index contributed by atoms with van der Waals surface area (Å²) < 4.78 is 49.4. The number of hydrogen-bond donors (Lipinski definition) is 2. The molecule has 0 saturated heterocycles. The molecule has 0 spiro atoms. The van der Waals surface area contributed by atoms with Gasteiger partial charge in [-0.25, -0.2) is 4.39 Å². The maximum Gasteiger partial charge on any atom is 0.419 e. The lowest BCUT2D eigenvalue weighted by molar-refractivity contribution is -0.140. The van der Waals surface area contributed by atoms with Crippen LogP contribution in [0.5, 0.6) is 0 Å². The van der Waals surface area contributed by atoms with Gasteiger partial charge in [-0.2, -0.15) is 13.2 Å². The van der Waals surface area contributed by atoms with E-state index in [0.29, 0.717) is 12.1 Å². The van der Waals surface area contributed by atoms with Crippen LogP contribution in [-0.2, 0) is 6.18 Å². The topological polar surface area (TPSA) is 46.2 Å². The lowest BCUT2D eigenvalue weighted by atomic mass is 10.1. The summed E-state index contributed by atoms with van der Waals surface area (Å²) in [7, 11) is 0. The molecule has 1 aromatic rings. The molecule has 1 rings (SSSR count). The summed E-state index contributed by atoms with van der Waals surface area (Å²) in [4.78, 5) is 0. The third-order valence-electron chi connectivity index (χ3n) is 1.91.